The molecule has 4 nitrogen and oxygen atoms in total. The first-order valence-electron chi connectivity index (χ1n) is 5.99. The fourth-order valence-corrected chi connectivity index (χ4v) is 1.74. The summed E-state index contributed by atoms with van der Waals surface area (Å²) < 4.78 is 5.01. The Morgan fingerprint density at radius 1 is 1.26 bits per heavy atom. The maximum absolute atomic E-state index is 12.2. The molecular weight excluding hydrogens is 240 g/mol. The first kappa shape index (κ1) is 13.1. The number of rotatable bonds is 3. The third-order valence-corrected chi connectivity index (χ3v) is 3.06. The standard InChI is InChI=1S/C15H16N2O2/c1-10-5-4-6-13(11(10)2)17-15(18)12-7-8-16-14(9-12)19-3/h4-9H,1-3H3,(H,17,18). The lowest BCUT2D eigenvalue weighted by molar-refractivity contribution is 0.102. The molecule has 1 aromatic heterocycles. The molecule has 0 aliphatic heterocycles. The molecule has 1 aromatic carbocycles. The number of hydrogen-bond donors (Lipinski definition) is 1. The summed E-state index contributed by atoms with van der Waals surface area (Å²) in [6.45, 7) is 4.00. The number of carbonyl (C=O) groups is 1. The van der Waals surface area contributed by atoms with Crippen LogP contribution in [0.4, 0.5) is 5.69 Å². The number of nitrogens with zero attached hydrogens (tertiary/aromatic N) is 1. The number of aromatic nitrogens is 1. The lowest BCUT2D eigenvalue weighted by Gasteiger charge is -2.10. The molecule has 1 amide bonds. The Morgan fingerprint density at radius 2 is 2.05 bits per heavy atom. The number of aryl methyl sites for hydroxylation is 1. The van der Waals surface area contributed by atoms with Crippen LogP contribution >= 0.6 is 0 Å². The minimum atomic E-state index is -0.172. The molecule has 98 valence electrons. The van der Waals surface area contributed by atoms with Gasteiger partial charge in [0.2, 0.25) is 5.88 Å². The van der Waals surface area contributed by atoms with Gasteiger partial charge in [0.25, 0.3) is 5.91 Å². The second-order valence-corrected chi connectivity index (χ2v) is 4.29. The van der Waals surface area contributed by atoms with Crippen LogP contribution in [0.25, 0.3) is 0 Å². The van der Waals surface area contributed by atoms with Gasteiger partial charge in [-0.15, -0.1) is 0 Å². The molecule has 0 spiro atoms. The summed E-state index contributed by atoms with van der Waals surface area (Å²) in [6, 6.07) is 9.09. The Bertz CT molecular complexity index is 609. The van der Waals surface area contributed by atoms with E-state index in [0.717, 1.165) is 16.8 Å². The third kappa shape index (κ3) is 2.91. The number of anilines is 1. The van der Waals surface area contributed by atoms with Crippen molar-refractivity contribution in [3.05, 3.63) is 53.2 Å². The molecule has 2 aromatic rings. The van der Waals surface area contributed by atoms with E-state index in [2.05, 4.69) is 10.3 Å². The van der Waals surface area contributed by atoms with E-state index in [1.807, 2.05) is 32.0 Å². The van der Waals surface area contributed by atoms with Gasteiger partial charge in [-0.25, -0.2) is 4.98 Å². The van der Waals surface area contributed by atoms with Gasteiger partial charge in [-0.05, 0) is 37.1 Å². The molecule has 19 heavy (non-hydrogen) atoms. The molecular formula is C15H16N2O2. The summed E-state index contributed by atoms with van der Waals surface area (Å²) in [5.41, 5.74) is 3.55. The van der Waals surface area contributed by atoms with E-state index in [-0.39, 0.29) is 5.91 Å². The first-order chi connectivity index (χ1) is 9.11. The van der Waals surface area contributed by atoms with Crippen molar-refractivity contribution in [2.45, 2.75) is 13.8 Å². The molecule has 0 aliphatic carbocycles. The zero-order valence-electron chi connectivity index (χ0n) is 11.2. The Labute approximate surface area is 112 Å². The van der Waals surface area contributed by atoms with Crippen molar-refractivity contribution >= 4 is 11.6 Å². The zero-order chi connectivity index (χ0) is 13.8. The molecule has 1 heterocycles. The Morgan fingerprint density at radius 3 is 2.79 bits per heavy atom. The normalized spacial score (nSPS) is 10.1. The van der Waals surface area contributed by atoms with Crippen LogP contribution in [-0.2, 0) is 0 Å². The second-order valence-electron chi connectivity index (χ2n) is 4.29. The van der Waals surface area contributed by atoms with Gasteiger partial charge in [0.05, 0.1) is 7.11 Å². The Hall–Kier alpha value is -2.36. The monoisotopic (exact) mass is 256 g/mol. The van der Waals surface area contributed by atoms with Crippen molar-refractivity contribution in [2.75, 3.05) is 12.4 Å². The van der Waals surface area contributed by atoms with E-state index in [4.69, 9.17) is 4.74 Å². The average Bonchev–Trinajstić information content (AvgIpc) is 2.44. The maximum atomic E-state index is 12.2. The van der Waals surface area contributed by atoms with Crippen LogP contribution in [0.5, 0.6) is 5.88 Å². The predicted octanol–water partition coefficient (Wildman–Crippen LogP) is 2.96. The number of benzene rings is 1. The minimum absolute atomic E-state index is 0.172. The topological polar surface area (TPSA) is 51.2 Å². The van der Waals surface area contributed by atoms with Crippen molar-refractivity contribution < 1.29 is 9.53 Å². The largest absolute Gasteiger partial charge is 0.481 e. The Kier molecular flexibility index (Phi) is 3.80. The summed E-state index contributed by atoms with van der Waals surface area (Å²) in [6.07, 6.45) is 1.55. The number of methoxy groups -OCH3 is 1. The van der Waals surface area contributed by atoms with Crippen LogP contribution in [0, 0.1) is 13.8 Å². The number of nitrogens with one attached hydrogen (secondary N) is 1. The van der Waals surface area contributed by atoms with E-state index in [1.165, 1.54) is 7.11 Å². The SMILES string of the molecule is COc1cc(C(=O)Nc2cccc(C)c2C)ccn1. The summed E-state index contributed by atoms with van der Waals surface area (Å²) in [7, 11) is 1.52. The van der Waals surface area contributed by atoms with E-state index < -0.39 is 0 Å². The third-order valence-electron chi connectivity index (χ3n) is 3.06. The molecule has 4 heteroatoms. The predicted molar refractivity (Wildman–Crippen MR) is 74.7 cm³/mol. The van der Waals surface area contributed by atoms with Crippen LogP contribution in [0.3, 0.4) is 0 Å². The van der Waals surface area contributed by atoms with Gasteiger partial charge in [-0.3, -0.25) is 4.79 Å². The van der Waals surface area contributed by atoms with Crippen molar-refractivity contribution in [2.24, 2.45) is 0 Å². The van der Waals surface area contributed by atoms with Crippen molar-refractivity contribution in [3.8, 4) is 5.88 Å². The highest BCUT2D eigenvalue weighted by molar-refractivity contribution is 6.04. The van der Waals surface area contributed by atoms with Gasteiger partial charge in [-0.2, -0.15) is 0 Å². The lowest BCUT2D eigenvalue weighted by Crippen LogP contribution is -2.13. The van der Waals surface area contributed by atoms with Crippen LogP contribution in [-0.4, -0.2) is 18.0 Å². The lowest BCUT2D eigenvalue weighted by atomic mass is 10.1. The molecule has 0 radical (unpaired) electrons. The number of carbonyl (C=O) groups excluding carboxylic acids is 1. The van der Waals surface area contributed by atoms with Crippen LogP contribution in [0.2, 0.25) is 0 Å². The summed E-state index contributed by atoms with van der Waals surface area (Å²) in [4.78, 5) is 16.1. The molecule has 0 fully saturated rings. The summed E-state index contributed by atoms with van der Waals surface area (Å²) in [5, 5.41) is 2.90. The number of ether oxygens (including phenoxy) is 1. The zero-order valence-corrected chi connectivity index (χ0v) is 11.2. The summed E-state index contributed by atoms with van der Waals surface area (Å²) >= 11 is 0. The fourth-order valence-electron chi connectivity index (χ4n) is 1.74. The molecule has 0 saturated carbocycles. The first-order valence-corrected chi connectivity index (χ1v) is 5.99. The molecule has 2 rings (SSSR count). The smallest absolute Gasteiger partial charge is 0.255 e. The molecule has 0 saturated heterocycles. The van der Waals surface area contributed by atoms with Gasteiger partial charge in [-0.1, -0.05) is 12.1 Å². The molecule has 0 atom stereocenters. The van der Waals surface area contributed by atoms with Crippen LogP contribution < -0.4 is 10.1 Å². The van der Waals surface area contributed by atoms with Crippen molar-refractivity contribution in [1.82, 2.24) is 4.98 Å². The van der Waals surface area contributed by atoms with Gasteiger partial charge in [0.1, 0.15) is 0 Å². The number of pyridine rings is 1. The van der Waals surface area contributed by atoms with Gasteiger partial charge < -0.3 is 10.1 Å². The van der Waals surface area contributed by atoms with E-state index >= 15 is 0 Å². The second kappa shape index (κ2) is 5.52. The van der Waals surface area contributed by atoms with Gasteiger partial charge in [0, 0.05) is 23.5 Å². The molecule has 0 unspecified atom stereocenters. The molecule has 0 aliphatic rings. The Balaban J connectivity index is 2.23. The van der Waals surface area contributed by atoms with Crippen molar-refractivity contribution in [1.29, 1.82) is 0 Å². The van der Waals surface area contributed by atoms with Crippen molar-refractivity contribution in [3.63, 3.8) is 0 Å². The molecule has 0 bridgehead atoms. The fraction of sp³-hybridized carbons (Fsp3) is 0.200. The highest BCUT2D eigenvalue weighted by Crippen LogP contribution is 2.19. The van der Waals surface area contributed by atoms with E-state index in [1.54, 1.807) is 18.3 Å². The minimum Gasteiger partial charge on any atom is -0.481 e. The van der Waals surface area contributed by atoms with Crippen LogP contribution in [0.1, 0.15) is 21.5 Å². The maximum Gasteiger partial charge on any atom is 0.255 e. The van der Waals surface area contributed by atoms with E-state index in [9.17, 15) is 4.79 Å². The van der Waals surface area contributed by atoms with Gasteiger partial charge in [0.15, 0.2) is 0 Å². The molecule has 1 N–H and O–H groups in total. The van der Waals surface area contributed by atoms with E-state index in [0.29, 0.717) is 11.4 Å². The number of hydrogen-bond acceptors (Lipinski definition) is 3. The van der Waals surface area contributed by atoms with Crippen LogP contribution in [0.15, 0.2) is 36.5 Å². The number of amides is 1. The highest BCUT2D eigenvalue weighted by Gasteiger charge is 2.09. The highest BCUT2D eigenvalue weighted by atomic mass is 16.5. The van der Waals surface area contributed by atoms with Gasteiger partial charge >= 0.3 is 0 Å². The summed E-state index contributed by atoms with van der Waals surface area (Å²) in [5.74, 6) is 0.253. The average molecular weight is 256 g/mol. The quantitative estimate of drug-likeness (QED) is 0.918.